The number of hydrogen-bond donors (Lipinski definition) is 2. The van der Waals surface area contributed by atoms with Crippen LogP contribution in [0.5, 0.6) is 0 Å². The maximum absolute atomic E-state index is 11.8. The average Bonchev–Trinajstić information content (AvgIpc) is 2.51. The molecule has 3 fully saturated rings. The second-order valence-corrected chi connectivity index (χ2v) is 7.78. The van der Waals surface area contributed by atoms with Crippen molar-refractivity contribution in [1.29, 1.82) is 0 Å². The minimum absolute atomic E-state index is 0. The second-order valence-electron chi connectivity index (χ2n) is 7.78. The molecule has 6 heteroatoms. The summed E-state index contributed by atoms with van der Waals surface area (Å²) in [5, 5.41) is 13.1. The van der Waals surface area contributed by atoms with Gasteiger partial charge in [0.1, 0.15) is 6.04 Å². The van der Waals surface area contributed by atoms with Crippen LogP contribution < -0.4 is 5.32 Å². The number of piperazine rings is 1. The van der Waals surface area contributed by atoms with Gasteiger partial charge in [-0.15, -0.1) is 12.4 Å². The van der Waals surface area contributed by atoms with Gasteiger partial charge in [-0.25, -0.2) is 0 Å². The molecular formula is C19H28ClN3O2. The number of nitrogens with zero attached hydrogens (tertiary/aromatic N) is 2. The zero-order valence-electron chi connectivity index (χ0n) is 14.6. The molecule has 138 valence electrons. The van der Waals surface area contributed by atoms with Crippen molar-refractivity contribution in [1.82, 2.24) is 15.1 Å². The van der Waals surface area contributed by atoms with E-state index < -0.39 is 12.0 Å². The van der Waals surface area contributed by atoms with Crippen molar-refractivity contribution in [2.45, 2.75) is 31.3 Å². The van der Waals surface area contributed by atoms with Crippen LogP contribution in [-0.4, -0.2) is 72.2 Å². The number of carboxylic acids is 1. The molecule has 1 atom stereocenters. The fraction of sp³-hybridized carbons (Fsp3) is 0.632. The molecule has 1 spiro atoms. The van der Waals surface area contributed by atoms with Gasteiger partial charge in [0.15, 0.2) is 0 Å². The SMILES string of the molecule is Cl.O=C(O)C(Cc1ccccc1)N1CCN(C2CC3(CNC3)C2)CC1. The standard InChI is InChI=1S/C19H27N3O2.ClH/c23-18(24)17(10-15-4-2-1-3-5-15)22-8-6-21(7-9-22)16-11-19(12-16)13-20-14-19;/h1-5,16-17,20H,6-14H2,(H,23,24);1H. The van der Waals surface area contributed by atoms with E-state index in [2.05, 4.69) is 15.1 Å². The van der Waals surface area contributed by atoms with Gasteiger partial charge in [-0.1, -0.05) is 30.3 Å². The van der Waals surface area contributed by atoms with E-state index >= 15 is 0 Å². The summed E-state index contributed by atoms with van der Waals surface area (Å²) < 4.78 is 0. The van der Waals surface area contributed by atoms with Crippen molar-refractivity contribution >= 4 is 18.4 Å². The van der Waals surface area contributed by atoms with Crippen LogP contribution in [0.1, 0.15) is 18.4 Å². The summed E-state index contributed by atoms with van der Waals surface area (Å²) in [5.74, 6) is -0.699. The number of benzene rings is 1. The number of halogens is 1. The van der Waals surface area contributed by atoms with Crippen LogP contribution in [0.4, 0.5) is 0 Å². The van der Waals surface area contributed by atoms with E-state index in [-0.39, 0.29) is 12.4 Å². The quantitative estimate of drug-likeness (QED) is 0.827. The van der Waals surface area contributed by atoms with E-state index in [0.717, 1.165) is 37.8 Å². The topological polar surface area (TPSA) is 55.8 Å². The predicted octanol–water partition coefficient (Wildman–Crippen LogP) is 1.47. The lowest BCUT2D eigenvalue weighted by Crippen LogP contribution is -2.67. The molecule has 0 amide bonds. The molecule has 1 saturated carbocycles. The van der Waals surface area contributed by atoms with Crippen molar-refractivity contribution in [3.8, 4) is 0 Å². The van der Waals surface area contributed by atoms with E-state index in [1.165, 1.54) is 25.9 Å². The first-order valence-electron chi connectivity index (χ1n) is 9.11. The van der Waals surface area contributed by atoms with Gasteiger partial charge in [0.05, 0.1) is 0 Å². The number of carbonyl (C=O) groups is 1. The predicted molar refractivity (Wildman–Crippen MR) is 100 cm³/mol. The fourth-order valence-corrected chi connectivity index (χ4v) is 4.59. The number of aliphatic carboxylic acids is 1. The first-order chi connectivity index (χ1) is 11.7. The Labute approximate surface area is 155 Å². The van der Waals surface area contributed by atoms with Crippen molar-refractivity contribution < 1.29 is 9.90 Å². The van der Waals surface area contributed by atoms with Gasteiger partial charge in [-0.2, -0.15) is 0 Å². The highest BCUT2D eigenvalue weighted by Gasteiger charge is 2.50. The summed E-state index contributed by atoms with van der Waals surface area (Å²) in [5.41, 5.74) is 1.71. The van der Waals surface area contributed by atoms with E-state index in [0.29, 0.717) is 11.8 Å². The van der Waals surface area contributed by atoms with E-state index in [4.69, 9.17) is 0 Å². The van der Waals surface area contributed by atoms with Crippen LogP contribution in [0.15, 0.2) is 30.3 Å². The summed E-state index contributed by atoms with van der Waals surface area (Å²) in [6, 6.07) is 10.3. The molecule has 0 bridgehead atoms. The molecule has 0 aromatic heterocycles. The molecule has 25 heavy (non-hydrogen) atoms. The Hall–Kier alpha value is -1.14. The Bertz CT molecular complexity index is 578. The summed E-state index contributed by atoms with van der Waals surface area (Å²) in [6.07, 6.45) is 3.24. The Morgan fingerprint density at radius 1 is 1.16 bits per heavy atom. The van der Waals surface area contributed by atoms with Gasteiger partial charge >= 0.3 is 5.97 Å². The number of nitrogens with one attached hydrogen (secondary N) is 1. The highest BCUT2D eigenvalue weighted by Crippen LogP contribution is 2.46. The maximum atomic E-state index is 11.8. The largest absolute Gasteiger partial charge is 0.480 e. The van der Waals surface area contributed by atoms with Crippen LogP contribution in [0.25, 0.3) is 0 Å². The van der Waals surface area contributed by atoms with Crippen LogP contribution in [-0.2, 0) is 11.2 Å². The normalized spacial score (nSPS) is 24.8. The lowest BCUT2D eigenvalue weighted by atomic mass is 9.61. The van der Waals surface area contributed by atoms with Gasteiger partial charge in [-0.05, 0) is 30.2 Å². The Balaban J connectivity index is 0.00000182. The van der Waals surface area contributed by atoms with Crippen LogP contribution in [0.3, 0.4) is 0 Å². The first kappa shape index (κ1) is 18.6. The highest BCUT2D eigenvalue weighted by atomic mass is 35.5. The molecule has 2 saturated heterocycles. The minimum atomic E-state index is -0.699. The molecule has 1 aromatic rings. The molecule has 2 aliphatic heterocycles. The highest BCUT2D eigenvalue weighted by molar-refractivity contribution is 5.85. The smallest absolute Gasteiger partial charge is 0.321 e. The van der Waals surface area contributed by atoms with Gasteiger partial charge < -0.3 is 10.4 Å². The summed E-state index contributed by atoms with van der Waals surface area (Å²) in [7, 11) is 0. The molecule has 2 heterocycles. The van der Waals surface area contributed by atoms with Gasteiger partial charge in [0.2, 0.25) is 0 Å². The van der Waals surface area contributed by atoms with Gasteiger partial charge in [0, 0.05) is 45.3 Å². The third-order valence-corrected chi connectivity index (χ3v) is 6.20. The fourth-order valence-electron chi connectivity index (χ4n) is 4.59. The molecule has 2 N–H and O–H groups in total. The van der Waals surface area contributed by atoms with E-state index in [1.54, 1.807) is 0 Å². The zero-order chi connectivity index (χ0) is 16.6. The van der Waals surface area contributed by atoms with Crippen LogP contribution in [0, 0.1) is 5.41 Å². The summed E-state index contributed by atoms with van der Waals surface area (Å²) >= 11 is 0. The van der Waals surface area contributed by atoms with Gasteiger partial charge in [-0.3, -0.25) is 14.6 Å². The molecule has 3 aliphatic rings. The average molecular weight is 366 g/mol. The third kappa shape index (κ3) is 3.85. The van der Waals surface area contributed by atoms with Crippen molar-refractivity contribution in [2.24, 2.45) is 5.41 Å². The monoisotopic (exact) mass is 365 g/mol. The molecule has 1 aromatic carbocycles. The van der Waals surface area contributed by atoms with E-state index in [9.17, 15) is 9.90 Å². The maximum Gasteiger partial charge on any atom is 0.321 e. The summed E-state index contributed by atoms with van der Waals surface area (Å²) in [4.78, 5) is 16.5. The molecular weight excluding hydrogens is 338 g/mol. The molecule has 5 nitrogen and oxygen atoms in total. The molecule has 1 unspecified atom stereocenters. The molecule has 4 rings (SSSR count). The lowest BCUT2D eigenvalue weighted by Gasteiger charge is -2.58. The number of rotatable bonds is 5. The Kier molecular flexibility index (Phi) is 5.68. The number of carboxylic acid groups (broad SMARTS) is 1. The number of hydrogen-bond acceptors (Lipinski definition) is 4. The van der Waals surface area contributed by atoms with E-state index in [1.807, 2.05) is 30.3 Å². The molecule has 1 aliphatic carbocycles. The summed E-state index contributed by atoms with van der Waals surface area (Å²) in [6.45, 7) is 6.14. The van der Waals surface area contributed by atoms with Gasteiger partial charge in [0.25, 0.3) is 0 Å². The third-order valence-electron chi connectivity index (χ3n) is 6.20. The van der Waals surface area contributed by atoms with Crippen LogP contribution >= 0.6 is 12.4 Å². The zero-order valence-corrected chi connectivity index (χ0v) is 15.4. The molecule has 0 radical (unpaired) electrons. The lowest BCUT2D eigenvalue weighted by molar-refractivity contribution is -0.144. The Morgan fingerprint density at radius 2 is 1.80 bits per heavy atom. The van der Waals surface area contributed by atoms with Crippen molar-refractivity contribution in [3.05, 3.63) is 35.9 Å². The Morgan fingerprint density at radius 3 is 2.32 bits per heavy atom. The second kappa shape index (κ2) is 7.62. The van der Waals surface area contributed by atoms with Crippen LogP contribution in [0.2, 0.25) is 0 Å². The first-order valence-corrected chi connectivity index (χ1v) is 9.11. The van der Waals surface area contributed by atoms with Crippen molar-refractivity contribution in [3.63, 3.8) is 0 Å². The van der Waals surface area contributed by atoms with Crippen molar-refractivity contribution in [2.75, 3.05) is 39.3 Å². The minimum Gasteiger partial charge on any atom is -0.480 e.